The first-order chi connectivity index (χ1) is 33.6. The van der Waals surface area contributed by atoms with Crippen LogP contribution in [-0.2, 0) is 39.6 Å². The number of benzene rings is 6. The third-order valence-corrected chi connectivity index (χ3v) is 15.3. The molecule has 0 bridgehead atoms. The van der Waals surface area contributed by atoms with Crippen molar-refractivity contribution < 1.29 is 109 Å². The molecule has 1 aliphatic heterocycles. The second-order valence-electron chi connectivity index (χ2n) is 15.3. The van der Waals surface area contributed by atoms with Gasteiger partial charge >= 0.3 is 158 Å². The summed E-state index contributed by atoms with van der Waals surface area (Å²) in [5.74, 6) is 4.72. The van der Waals surface area contributed by atoms with Crippen LogP contribution in [-0.4, -0.2) is 82.1 Å². The van der Waals surface area contributed by atoms with Gasteiger partial charge < -0.3 is 28.8 Å². The maximum absolute atomic E-state index is 12.1. The van der Waals surface area contributed by atoms with Crippen molar-refractivity contribution in [3.63, 3.8) is 0 Å². The molecule has 0 saturated heterocycles. The van der Waals surface area contributed by atoms with Crippen LogP contribution in [0.3, 0.4) is 0 Å². The number of pyridine rings is 1. The quantitative estimate of drug-likeness (QED) is 0.0455. The molecule has 6 aromatic carbocycles. The van der Waals surface area contributed by atoms with Crippen LogP contribution in [0.2, 0.25) is 0 Å². The van der Waals surface area contributed by atoms with Gasteiger partial charge in [0.05, 0.1) is 58.6 Å². The average molecular weight is 1120 g/mol. The molecule has 1 aliphatic rings. The Labute approximate surface area is 478 Å². The Kier molecular flexibility index (Phi) is 22.3. The molecule has 0 radical (unpaired) electrons. The predicted molar refractivity (Wildman–Crippen MR) is 278 cm³/mol. The topological polar surface area (TPSA) is 224 Å². The van der Waals surface area contributed by atoms with Crippen molar-refractivity contribution >= 4 is 102 Å². The van der Waals surface area contributed by atoms with Gasteiger partial charge in [0, 0.05) is 12.5 Å². The van der Waals surface area contributed by atoms with E-state index in [2.05, 4.69) is 81.8 Å². The molecule has 0 unspecified atom stereocenters. The third kappa shape index (κ3) is 14.2. The number of fused-ring (bicyclic) bond motifs is 5. The maximum Gasteiger partial charge on any atom is 1.00 e. The van der Waals surface area contributed by atoms with Gasteiger partial charge in [0.25, 0.3) is 0 Å². The molecule has 364 valence electrons. The first-order valence-corrected chi connectivity index (χ1v) is 26.1. The van der Waals surface area contributed by atoms with Gasteiger partial charge in [-0.15, -0.1) is 0 Å². The van der Waals surface area contributed by atoms with Gasteiger partial charge in [-0.1, -0.05) is 37.3 Å². The van der Waals surface area contributed by atoms with Gasteiger partial charge in [0.1, 0.15) is 26.0 Å². The molecule has 2 N–H and O–H groups in total. The Hall–Kier alpha value is -5.11. The molecular formula is C52H45N4Na2O11S3Se+. The van der Waals surface area contributed by atoms with E-state index in [4.69, 9.17) is 14.2 Å². The van der Waals surface area contributed by atoms with Gasteiger partial charge in [-0.3, -0.25) is 0 Å². The number of methoxy groups -OCH3 is 3. The minimum Gasteiger partial charge on any atom is 1.00 e. The summed E-state index contributed by atoms with van der Waals surface area (Å²) >= 11 is 4.51. The molecule has 0 fully saturated rings. The molecule has 3 heterocycles. The van der Waals surface area contributed by atoms with E-state index in [1.165, 1.54) is 63.1 Å². The van der Waals surface area contributed by atoms with E-state index in [9.17, 15) is 30.7 Å². The summed E-state index contributed by atoms with van der Waals surface area (Å²) in [5.41, 5.74) is 6.45. The summed E-state index contributed by atoms with van der Waals surface area (Å²) in [5, 5.41) is 5.11. The number of hydrogen-bond donors (Lipinski definition) is 0. The number of aromatic nitrogens is 2. The number of isothiocyanates is 1. The second-order valence-corrected chi connectivity index (χ2v) is 20.2. The van der Waals surface area contributed by atoms with E-state index in [-0.39, 0.29) is 107 Å². The van der Waals surface area contributed by atoms with Crippen molar-refractivity contribution in [3.05, 3.63) is 167 Å². The summed E-state index contributed by atoms with van der Waals surface area (Å²) < 4.78 is 91.2. The standard InChI is InChI=1S/C22H24NO3.C17H12N2O6S3.C13H9NOSe.2Na.H2O/c1-5-14-10-16-8-9-23-13-18-15(6-7-20(24-2)22(18)26-4)11-19(23)17(16)12-21(14)25-3;1-2-18-14-7-5-12(16(9-14)27(20,21)22)3-4-13-6-8-15(19-11-26)10-17(13)28(23,24)25;15-13-11-8-4-5-9-12(11)16-14(13)10-6-2-1-3-7-10;;;/h6-7,10-13H,5,8-9H2,1-4H3;3-10H,1H2,(H,20,21,22)(H,23,24,25);1-9H;;;1H2/q+1;;;2*+1;/p-2/b;4-3+;;;;. The third-order valence-electron chi connectivity index (χ3n) is 11.1. The number of ether oxygens (including phenoxy) is 3. The zero-order chi connectivity index (χ0) is 50.2. The van der Waals surface area contributed by atoms with E-state index >= 15 is 0 Å². The van der Waals surface area contributed by atoms with E-state index < -0.39 is 30.0 Å². The number of hydrogen-bond acceptors (Lipinski definition) is 13. The van der Waals surface area contributed by atoms with Gasteiger partial charge in [0.15, 0.2) is 24.2 Å². The molecule has 15 nitrogen and oxygen atoms in total. The molecule has 2 aromatic heterocycles. The van der Waals surface area contributed by atoms with Crippen LogP contribution in [0.5, 0.6) is 17.2 Å². The molecule has 0 amide bonds. The second kappa shape index (κ2) is 26.9. The Morgan fingerprint density at radius 2 is 1.37 bits per heavy atom. The maximum atomic E-state index is 12.1. The van der Waals surface area contributed by atoms with Crippen molar-refractivity contribution in [2.45, 2.75) is 36.1 Å². The van der Waals surface area contributed by atoms with Crippen LogP contribution < -0.4 is 83.5 Å². The SMILES string of the molecule is C=C=Nc1ccc(/C=C/c2ccc(N=C=S)cc2S(=O)(=O)[O-])c(S(=O)(=O)[O-])c1.CCc1cc2c(cc1OC)-c1cc3ccc(OC)c(OC)c3c[n+]1CC2.O.O=c1c2ccccc2[se]n1-c1ccccc1.[Na+].[Na+]. The van der Waals surface area contributed by atoms with Gasteiger partial charge in [-0.25, -0.2) is 21.8 Å². The van der Waals surface area contributed by atoms with Crippen LogP contribution in [0.4, 0.5) is 11.4 Å². The number of aryl methyl sites for hydroxylation is 3. The Bertz CT molecular complexity index is 3630. The van der Waals surface area contributed by atoms with Gasteiger partial charge in [-0.05, 0) is 101 Å². The zero-order valence-electron chi connectivity index (χ0n) is 40.6. The van der Waals surface area contributed by atoms with Crippen molar-refractivity contribution in [1.82, 2.24) is 3.56 Å². The summed E-state index contributed by atoms with van der Waals surface area (Å²) in [7, 11) is -4.62. The number of nitrogens with zero attached hydrogens (tertiary/aromatic N) is 4. The van der Waals surface area contributed by atoms with Crippen LogP contribution in [0.1, 0.15) is 29.2 Å². The molecule has 0 atom stereocenters. The fourth-order valence-electron chi connectivity index (χ4n) is 7.85. The minimum atomic E-state index is -4.86. The summed E-state index contributed by atoms with van der Waals surface area (Å²) in [6, 6.07) is 35.9. The molecule has 21 heteroatoms. The molecule has 9 rings (SSSR count). The molecule has 73 heavy (non-hydrogen) atoms. The fourth-order valence-corrected chi connectivity index (χ4v) is 11.4. The number of rotatable bonds is 11. The Morgan fingerprint density at radius 3 is 1.92 bits per heavy atom. The van der Waals surface area contributed by atoms with Crippen molar-refractivity contribution in [2.24, 2.45) is 9.98 Å². The first-order valence-electron chi connectivity index (χ1n) is 21.3. The number of thiocarbonyl (C=S) groups is 1. The monoisotopic (exact) mass is 1120 g/mol. The molecule has 0 saturated carbocycles. The Balaban J connectivity index is 0.000000240. The summed E-state index contributed by atoms with van der Waals surface area (Å²) in [6.45, 7) is 6.38. The minimum absolute atomic E-state index is 0. The smallest absolute Gasteiger partial charge is 1.00 e. The van der Waals surface area contributed by atoms with Crippen molar-refractivity contribution in [1.29, 1.82) is 0 Å². The number of aliphatic imine (C=N–C) groups is 2. The molecule has 0 aliphatic carbocycles. The van der Waals surface area contributed by atoms with Crippen LogP contribution in [0.15, 0.2) is 159 Å². The van der Waals surface area contributed by atoms with E-state index in [0.717, 1.165) is 70.6 Å². The average Bonchev–Trinajstić information content (AvgIpc) is 3.70. The predicted octanol–water partition coefficient (Wildman–Crippen LogP) is 2.06. The van der Waals surface area contributed by atoms with Crippen LogP contribution in [0.25, 0.3) is 49.5 Å². The summed E-state index contributed by atoms with van der Waals surface area (Å²) in [4.78, 5) is 18.3. The largest absolute Gasteiger partial charge is 1.00 e. The van der Waals surface area contributed by atoms with E-state index in [1.807, 2.05) is 64.2 Å². The van der Waals surface area contributed by atoms with E-state index in [0.29, 0.717) is 0 Å². The van der Waals surface area contributed by atoms with Gasteiger partial charge in [0.2, 0.25) is 5.69 Å². The normalized spacial score (nSPS) is 11.3. The van der Waals surface area contributed by atoms with Crippen molar-refractivity contribution in [3.8, 4) is 34.2 Å². The first kappa shape index (κ1) is 60.4. The fraction of sp³-hybridized carbons (Fsp3) is 0.135. The summed E-state index contributed by atoms with van der Waals surface area (Å²) in [6.07, 6.45) is 6.55. The Morgan fingerprint density at radius 1 is 0.767 bits per heavy atom. The molecular weight excluding hydrogens is 1080 g/mol. The van der Waals surface area contributed by atoms with E-state index in [1.54, 1.807) is 21.3 Å². The van der Waals surface area contributed by atoms with Gasteiger partial charge in [-0.2, -0.15) is 9.56 Å². The van der Waals surface area contributed by atoms with Crippen molar-refractivity contribution in [2.75, 3.05) is 21.3 Å². The van der Waals surface area contributed by atoms with Crippen LogP contribution >= 0.6 is 12.2 Å². The van der Waals surface area contributed by atoms with Crippen LogP contribution in [0, 0.1) is 0 Å². The molecule has 8 aromatic rings. The number of para-hydroxylation sites is 1. The molecule has 0 spiro atoms. The zero-order valence-corrected chi connectivity index (χ0v) is 48.8.